The van der Waals surface area contributed by atoms with E-state index in [2.05, 4.69) is 15.6 Å². The molecule has 156 valence electrons. The predicted molar refractivity (Wildman–Crippen MR) is 117 cm³/mol. The minimum atomic E-state index is -0.529. The SMILES string of the molecule is COc1ccc(C2Nc3nc(OC)n(C)c(=O)c3NC3=C2C(=O)c2ccccc23)cc1. The molecule has 2 aliphatic rings. The lowest BCUT2D eigenvalue weighted by atomic mass is 9.95. The van der Waals surface area contributed by atoms with Gasteiger partial charge in [0.2, 0.25) is 0 Å². The van der Waals surface area contributed by atoms with Gasteiger partial charge in [0.05, 0.1) is 31.5 Å². The third-order valence-electron chi connectivity index (χ3n) is 5.66. The van der Waals surface area contributed by atoms with Crippen molar-refractivity contribution in [3.8, 4) is 11.8 Å². The van der Waals surface area contributed by atoms with Gasteiger partial charge in [-0.1, -0.05) is 36.4 Å². The van der Waals surface area contributed by atoms with Gasteiger partial charge < -0.3 is 20.1 Å². The number of aromatic nitrogens is 2. The van der Waals surface area contributed by atoms with Crippen LogP contribution in [0.4, 0.5) is 11.5 Å². The number of Topliss-reactive ketones (excluding diaryl/α,β-unsaturated/α-hetero) is 1. The first-order valence-corrected chi connectivity index (χ1v) is 9.74. The number of ether oxygens (including phenoxy) is 2. The smallest absolute Gasteiger partial charge is 0.300 e. The summed E-state index contributed by atoms with van der Waals surface area (Å²) in [5, 5.41) is 6.52. The summed E-state index contributed by atoms with van der Waals surface area (Å²) < 4.78 is 11.9. The number of benzene rings is 2. The summed E-state index contributed by atoms with van der Waals surface area (Å²) in [6, 6.07) is 14.5. The molecular formula is C23H20N4O4. The van der Waals surface area contributed by atoms with Gasteiger partial charge in [-0.3, -0.25) is 14.2 Å². The Balaban J connectivity index is 1.76. The predicted octanol–water partition coefficient (Wildman–Crippen LogP) is 2.98. The topological polar surface area (TPSA) is 94.5 Å². The van der Waals surface area contributed by atoms with Crippen molar-refractivity contribution in [3.05, 3.63) is 81.1 Å². The van der Waals surface area contributed by atoms with Crippen LogP contribution in [0.5, 0.6) is 11.8 Å². The monoisotopic (exact) mass is 416 g/mol. The number of rotatable bonds is 3. The van der Waals surface area contributed by atoms with Crippen LogP contribution < -0.4 is 25.7 Å². The van der Waals surface area contributed by atoms with Crippen molar-refractivity contribution >= 4 is 23.0 Å². The second-order valence-electron chi connectivity index (χ2n) is 7.33. The molecule has 0 bridgehead atoms. The van der Waals surface area contributed by atoms with Crippen LogP contribution in [0.1, 0.15) is 27.5 Å². The molecule has 0 spiro atoms. The van der Waals surface area contributed by atoms with Crippen LogP contribution in [0.15, 0.2) is 58.9 Å². The molecule has 8 nitrogen and oxygen atoms in total. The van der Waals surface area contributed by atoms with Crippen LogP contribution in [-0.4, -0.2) is 29.6 Å². The number of carbonyl (C=O) groups is 1. The second kappa shape index (κ2) is 7.02. The number of carbonyl (C=O) groups excluding carboxylic acids is 1. The lowest BCUT2D eigenvalue weighted by Gasteiger charge is -2.20. The fraction of sp³-hybridized carbons (Fsp3) is 0.174. The summed E-state index contributed by atoms with van der Waals surface area (Å²) in [5.41, 5.74) is 3.29. The van der Waals surface area contributed by atoms with Gasteiger partial charge in [-0.25, -0.2) is 0 Å². The van der Waals surface area contributed by atoms with E-state index in [1.54, 1.807) is 20.2 Å². The van der Waals surface area contributed by atoms with Crippen LogP contribution in [0, 0.1) is 0 Å². The molecule has 1 atom stereocenters. The Labute approximate surface area is 178 Å². The molecule has 2 N–H and O–H groups in total. The highest BCUT2D eigenvalue weighted by Gasteiger charge is 2.39. The van der Waals surface area contributed by atoms with E-state index in [-0.39, 0.29) is 23.0 Å². The van der Waals surface area contributed by atoms with E-state index in [0.717, 1.165) is 11.1 Å². The minimum absolute atomic E-state index is 0.0944. The van der Waals surface area contributed by atoms with Crippen LogP contribution in [-0.2, 0) is 7.05 Å². The summed E-state index contributed by atoms with van der Waals surface area (Å²) in [7, 11) is 4.64. The Bertz CT molecular complexity index is 1310. The molecule has 1 aliphatic heterocycles. The number of hydrogen-bond donors (Lipinski definition) is 2. The average molecular weight is 416 g/mol. The van der Waals surface area contributed by atoms with E-state index in [1.165, 1.54) is 11.7 Å². The van der Waals surface area contributed by atoms with Crippen molar-refractivity contribution in [1.82, 2.24) is 9.55 Å². The zero-order valence-electron chi connectivity index (χ0n) is 17.2. The minimum Gasteiger partial charge on any atom is -0.497 e. The molecule has 0 fully saturated rings. The molecule has 0 radical (unpaired) electrons. The van der Waals surface area contributed by atoms with Crippen LogP contribution in [0.3, 0.4) is 0 Å². The third-order valence-corrected chi connectivity index (χ3v) is 5.66. The Morgan fingerprint density at radius 2 is 1.68 bits per heavy atom. The molecule has 2 aromatic carbocycles. The highest BCUT2D eigenvalue weighted by Crippen LogP contribution is 2.44. The maximum Gasteiger partial charge on any atom is 0.300 e. The summed E-state index contributed by atoms with van der Waals surface area (Å²) in [6.07, 6.45) is 0. The number of ketones is 1. The molecule has 1 aromatic heterocycles. The molecule has 5 rings (SSSR count). The van der Waals surface area contributed by atoms with Gasteiger partial charge in [0.25, 0.3) is 5.56 Å². The Kier molecular flexibility index (Phi) is 4.28. The lowest BCUT2D eigenvalue weighted by Crippen LogP contribution is -2.25. The molecule has 1 unspecified atom stereocenters. The van der Waals surface area contributed by atoms with Crippen LogP contribution in [0.2, 0.25) is 0 Å². The van der Waals surface area contributed by atoms with E-state index in [1.807, 2.05) is 42.5 Å². The van der Waals surface area contributed by atoms with Gasteiger partial charge >= 0.3 is 6.01 Å². The Morgan fingerprint density at radius 1 is 0.968 bits per heavy atom. The molecule has 0 saturated carbocycles. The molecule has 8 heteroatoms. The highest BCUT2D eigenvalue weighted by molar-refractivity contribution is 6.23. The van der Waals surface area contributed by atoms with Crippen LogP contribution in [0.25, 0.3) is 5.70 Å². The van der Waals surface area contributed by atoms with Gasteiger partial charge in [-0.2, -0.15) is 4.98 Å². The largest absolute Gasteiger partial charge is 0.497 e. The summed E-state index contributed by atoms with van der Waals surface area (Å²) in [6.45, 7) is 0. The maximum atomic E-state index is 13.4. The van der Waals surface area contributed by atoms with Gasteiger partial charge in [0.15, 0.2) is 11.6 Å². The highest BCUT2D eigenvalue weighted by atomic mass is 16.5. The first-order valence-electron chi connectivity index (χ1n) is 9.74. The van der Waals surface area contributed by atoms with Gasteiger partial charge in [-0.15, -0.1) is 0 Å². The van der Waals surface area contributed by atoms with Crippen molar-refractivity contribution < 1.29 is 14.3 Å². The average Bonchev–Trinajstić information content (AvgIpc) is 2.96. The van der Waals surface area contributed by atoms with Gasteiger partial charge in [-0.05, 0) is 17.7 Å². The van der Waals surface area contributed by atoms with Crippen molar-refractivity contribution in [2.24, 2.45) is 7.05 Å². The maximum absolute atomic E-state index is 13.4. The standard InChI is InChI=1S/C23H20N4O4/c1-27-22(29)19-21(26-23(27)31-3)25-17(12-8-10-13(30-2)11-9-12)16-18(24-19)14-6-4-5-7-15(14)20(16)28/h4-11,17,24-25H,1-3H3. The van der Waals surface area contributed by atoms with Gasteiger partial charge in [0, 0.05) is 18.2 Å². The summed E-state index contributed by atoms with van der Waals surface area (Å²) in [5.74, 6) is 0.934. The number of hydrogen-bond acceptors (Lipinski definition) is 7. The third kappa shape index (κ3) is 2.79. The number of nitrogens with zero attached hydrogens (tertiary/aromatic N) is 2. The number of methoxy groups -OCH3 is 2. The van der Waals surface area contributed by atoms with Crippen molar-refractivity contribution in [1.29, 1.82) is 0 Å². The summed E-state index contributed by atoms with van der Waals surface area (Å²) in [4.78, 5) is 31.0. The number of fused-ring (bicyclic) bond motifs is 3. The molecular weight excluding hydrogens is 396 g/mol. The van der Waals surface area contributed by atoms with Crippen molar-refractivity contribution in [2.75, 3.05) is 24.9 Å². The number of anilines is 2. The van der Waals surface area contributed by atoms with Crippen molar-refractivity contribution in [3.63, 3.8) is 0 Å². The molecule has 0 amide bonds. The van der Waals surface area contributed by atoms with E-state index in [4.69, 9.17) is 9.47 Å². The van der Waals surface area contributed by atoms with Crippen molar-refractivity contribution in [2.45, 2.75) is 6.04 Å². The Morgan fingerprint density at radius 3 is 2.35 bits per heavy atom. The van der Waals surface area contributed by atoms with E-state index < -0.39 is 6.04 Å². The van der Waals surface area contributed by atoms with E-state index in [0.29, 0.717) is 28.4 Å². The molecule has 1 aliphatic carbocycles. The zero-order valence-corrected chi connectivity index (χ0v) is 17.2. The molecule has 0 saturated heterocycles. The van der Waals surface area contributed by atoms with Crippen LogP contribution >= 0.6 is 0 Å². The fourth-order valence-electron chi connectivity index (χ4n) is 4.08. The molecule has 31 heavy (non-hydrogen) atoms. The first-order chi connectivity index (χ1) is 15.0. The van der Waals surface area contributed by atoms with E-state index >= 15 is 0 Å². The molecule has 2 heterocycles. The lowest BCUT2D eigenvalue weighted by molar-refractivity contribution is 0.103. The Hall–Kier alpha value is -4.07. The zero-order chi connectivity index (χ0) is 21.7. The fourth-order valence-corrected chi connectivity index (χ4v) is 4.08. The first kappa shape index (κ1) is 18.9. The van der Waals surface area contributed by atoms with Gasteiger partial charge in [0.1, 0.15) is 11.4 Å². The quantitative estimate of drug-likeness (QED) is 0.678. The number of nitrogens with one attached hydrogen (secondary N) is 2. The molecule has 3 aromatic rings. The van der Waals surface area contributed by atoms with E-state index in [9.17, 15) is 9.59 Å². The second-order valence-corrected chi connectivity index (χ2v) is 7.33. The normalized spacial score (nSPS) is 16.5. The summed E-state index contributed by atoms with van der Waals surface area (Å²) >= 11 is 0.